The van der Waals surface area contributed by atoms with Crippen LogP contribution in [0.25, 0.3) is 0 Å². The molecule has 0 radical (unpaired) electrons. The van der Waals surface area contributed by atoms with Gasteiger partial charge in [-0.25, -0.2) is 8.42 Å². The van der Waals surface area contributed by atoms with E-state index >= 15 is 0 Å². The lowest BCUT2D eigenvalue weighted by Gasteiger charge is -2.12. The van der Waals surface area contributed by atoms with E-state index in [4.69, 9.17) is 0 Å². The van der Waals surface area contributed by atoms with Gasteiger partial charge in [-0.05, 0) is 12.6 Å². The molecule has 1 N–H and O–H groups in total. The number of benzene rings is 1. The first-order valence-electron chi connectivity index (χ1n) is 5.72. The molecule has 2 aromatic rings. The summed E-state index contributed by atoms with van der Waals surface area (Å²) in [6.07, 6.45) is 1.20. The molecule has 0 bridgehead atoms. The molecule has 7 heteroatoms. The third-order valence-corrected chi connectivity index (χ3v) is 4.51. The molecule has 0 spiro atoms. The zero-order chi connectivity index (χ0) is 13.9. The summed E-state index contributed by atoms with van der Waals surface area (Å²) in [7, 11) is -1.23. The first kappa shape index (κ1) is 14.1. The van der Waals surface area contributed by atoms with E-state index in [1.807, 2.05) is 37.4 Å². The largest absolute Gasteiger partial charge is 0.307 e. The van der Waals surface area contributed by atoms with Crippen molar-refractivity contribution in [3.05, 3.63) is 45.9 Å². The highest BCUT2D eigenvalue weighted by Gasteiger charge is 2.18. The van der Waals surface area contributed by atoms with Crippen molar-refractivity contribution in [2.45, 2.75) is 11.8 Å². The third-order valence-electron chi connectivity index (χ3n) is 2.54. The molecule has 102 valence electrons. The van der Waals surface area contributed by atoms with E-state index in [0.717, 1.165) is 10.6 Å². The number of hydrogen-bond acceptors (Lipinski definition) is 6. The Morgan fingerprint density at radius 1 is 1.26 bits per heavy atom. The van der Waals surface area contributed by atoms with Gasteiger partial charge in [-0.1, -0.05) is 41.7 Å². The van der Waals surface area contributed by atoms with Crippen LogP contribution in [0.4, 0.5) is 0 Å². The molecule has 19 heavy (non-hydrogen) atoms. The zero-order valence-corrected chi connectivity index (χ0v) is 12.3. The Labute approximate surface area is 116 Å². The lowest BCUT2D eigenvalue weighted by Crippen LogP contribution is -2.17. The second kappa shape index (κ2) is 5.77. The lowest BCUT2D eigenvalue weighted by molar-refractivity contribution is 0.600. The van der Waals surface area contributed by atoms with Crippen LogP contribution in [-0.4, -0.2) is 31.9 Å². The van der Waals surface area contributed by atoms with Crippen LogP contribution in [0.5, 0.6) is 0 Å². The number of hydrogen-bond donors (Lipinski definition) is 1. The van der Waals surface area contributed by atoms with Gasteiger partial charge in [-0.3, -0.25) is 0 Å². The highest BCUT2D eigenvalue weighted by atomic mass is 32.2. The van der Waals surface area contributed by atoms with Crippen LogP contribution in [0, 0.1) is 0 Å². The number of rotatable bonds is 5. The minimum absolute atomic E-state index is 0.0596. The van der Waals surface area contributed by atoms with Gasteiger partial charge in [0.1, 0.15) is 15.8 Å². The van der Waals surface area contributed by atoms with Gasteiger partial charge >= 0.3 is 0 Å². The Morgan fingerprint density at radius 3 is 2.53 bits per heavy atom. The predicted molar refractivity (Wildman–Crippen MR) is 75.8 cm³/mol. The molecule has 1 aromatic carbocycles. The molecule has 1 aromatic heterocycles. The van der Waals surface area contributed by atoms with Crippen LogP contribution >= 0.6 is 11.3 Å². The van der Waals surface area contributed by atoms with Gasteiger partial charge in [-0.2, -0.15) is 0 Å². The molecule has 2 rings (SSSR count). The minimum atomic E-state index is -3.07. The molecule has 0 amide bonds. The Morgan fingerprint density at radius 2 is 1.95 bits per heavy atom. The van der Waals surface area contributed by atoms with Crippen molar-refractivity contribution in [2.24, 2.45) is 0 Å². The van der Waals surface area contributed by atoms with Crippen LogP contribution in [0.15, 0.2) is 30.3 Å². The molecule has 0 aliphatic heterocycles. The quantitative estimate of drug-likeness (QED) is 0.903. The van der Waals surface area contributed by atoms with E-state index in [1.165, 1.54) is 17.6 Å². The molecule has 0 saturated carbocycles. The van der Waals surface area contributed by atoms with Crippen molar-refractivity contribution >= 4 is 21.2 Å². The molecule has 0 aliphatic rings. The fraction of sp³-hybridized carbons (Fsp3) is 0.333. The van der Waals surface area contributed by atoms with E-state index < -0.39 is 9.84 Å². The fourth-order valence-electron chi connectivity index (χ4n) is 1.74. The molecular formula is C12H15N3O2S2. The third kappa shape index (κ3) is 3.82. The summed E-state index contributed by atoms with van der Waals surface area (Å²) in [6.45, 7) is 0. The van der Waals surface area contributed by atoms with E-state index in [2.05, 4.69) is 15.5 Å². The number of nitrogens with one attached hydrogen (secondary N) is 1. The first-order chi connectivity index (χ1) is 8.99. The Kier molecular flexibility index (Phi) is 4.28. The maximum absolute atomic E-state index is 11.2. The highest BCUT2D eigenvalue weighted by molar-refractivity contribution is 7.90. The summed E-state index contributed by atoms with van der Waals surface area (Å²) in [4.78, 5) is 0. The molecule has 0 saturated heterocycles. The number of sulfone groups is 1. The summed E-state index contributed by atoms with van der Waals surface area (Å²) in [5, 5.41) is 12.5. The topological polar surface area (TPSA) is 72.0 Å². The van der Waals surface area contributed by atoms with Crippen molar-refractivity contribution in [3.8, 4) is 0 Å². The monoisotopic (exact) mass is 297 g/mol. The van der Waals surface area contributed by atoms with Crippen molar-refractivity contribution in [1.82, 2.24) is 15.5 Å². The molecule has 1 heterocycles. The summed E-state index contributed by atoms with van der Waals surface area (Å²) in [5.74, 6) is -0.0596. The first-order valence-corrected chi connectivity index (χ1v) is 8.59. The molecule has 5 nitrogen and oxygen atoms in total. The normalized spacial score (nSPS) is 13.4. The van der Waals surface area contributed by atoms with Gasteiger partial charge in [0, 0.05) is 6.26 Å². The molecule has 0 fully saturated rings. The van der Waals surface area contributed by atoms with E-state index in [9.17, 15) is 8.42 Å². The molecular weight excluding hydrogens is 282 g/mol. The summed E-state index contributed by atoms with van der Waals surface area (Å²) < 4.78 is 22.5. The van der Waals surface area contributed by atoms with Crippen LogP contribution < -0.4 is 5.32 Å². The fourth-order valence-corrected chi connectivity index (χ4v) is 3.90. The number of aromatic nitrogens is 2. The Hall–Kier alpha value is -1.31. The van der Waals surface area contributed by atoms with E-state index in [1.54, 1.807) is 0 Å². The second-order valence-corrected chi connectivity index (χ2v) is 7.47. The van der Waals surface area contributed by atoms with Crippen molar-refractivity contribution in [1.29, 1.82) is 0 Å². The van der Waals surface area contributed by atoms with Crippen LogP contribution in [0.1, 0.15) is 21.6 Å². The molecule has 0 aliphatic carbocycles. The smallest absolute Gasteiger partial charge is 0.154 e. The van der Waals surface area contributed by atoms with Gasteiger partial charge in [0.2, 0.25) is 0 Å². The van der Waals surface area contributed by atoms with Gasteiger partial charge in [0.15, 0.2) is 9.84 Å². The lowest BCUT2D eigenvalue weighted by atomic mass is 10.1. The second-order valence-electron chi connectivity index (χ2n) is 4.24. The summed E-state index contributed by atoms with van der Waals surface area (Å²) >= 11 is 1.32. The number of nitrogens with zero attached hydrogens (tertiary/aromatic N) is 2. The van der Waals surface area contributed by atoms with Crippen LogP contribution in [0.2, 0.25) is 0 Å². The standard InChI is InChI=1S/C12H15N3O2S2/c1-13-11(9-6-4-3-5-7-9)12-15-14-10(18-12)8-19(2,16)17/h3-7,11,13H,8H2,1-2H3. The summed E-state index contributed by atoms with van der Waals surface area (Å²) in [6, 6.07) is 9.80. The van der Waals surface area contributed by atoms with Crippen molar-refractivity contribution in [3.63, 3.8) is 0 Å². The average molecular weight is 297 g/mol. The Bertz CT molecular complexity index is 638. The molecule has 1 atom stereocenters. The minimum Gasteiger partial charge on any atom is -0.307 e. The SMILES string of the molecule is CNC(c1ccccc1)c1nnc(CS(C)(=O)=O)s1. The van der Waals surface area contributed by atoms with Crippen LogP contribution in [0.3, 0.4) is 0 Å². The highest BCUT2D eigenvalue weighted by Crippen LogP contribution is 2.25. The maximum atomic E-state index is 11.2. The zero-order valence-electron chi connectivity index (χ0n) is 10.7. The summed E-state index contributed by atoms with van der Waals surface area (Å²) in [5.41, 5.74) is 1.08. The van der Waals surface area contributed by atoms with Gasteiger partial charge < -0.3 is 5.32 Å². The average Bonchev–Trinajstić information content (AvgIpc) is 2.77. The van der Waals surface area contributed by atoms with Gasteiger partial charge in [0.25, 0.3) is 0 Å². The van der Waals surface area contributed by atoms with Crippen molar-refractivity contribution < 1.29 is 8.42 Å². The maximum Gasteiger partial charge on any atom is 0.154 e. The van der Waals surface area contributed by atoms with E-state index in [-0.39, 0.29) is 11.8 Å². The van der Waals surface area contributed by atoms with Gasteiger partial charge in [0.05, 0.1) is 6.04 Å². The van der Waals surface area contributed by atoms with E-state index in [0.29, 0.717) is 5.01 Å². The van der Waals surface area contributed by atoms with Crippen LogP contribution in [-0.2, 0) is 15.6 Å². The molecule has 1 unspecified atom stereocenters. The van der Waals surface area contributed by atoms with Crippen molar-refractivity contribution in [2.75, 3.05) is 13.3 Å². The van der Waals surface area contributed by atoms with Gasteiger partial charge in [-0.15, -0.1) is 10.2 Å². The Balaban J connectivity index is 2.26. The predicted octanol–water partition coefficient (Wildman–Crippen LogP) is 1.39.